The van der Waals surface area contributed by atoms with E-state index in [-0.39, 0.29) is 12.2 Å². The summed E-state index contributed by atoms with van der Waals surface area (Å²) in [5, 5.41) is 3.25. The lowest BCUT2D eigenvalue weighted by Crippen LogP contribution is -2.54. The molecule has 1 fully saturated rings. The second-order valence-electron chi connectivity index (χ2n) is 7.05. The van der Waals surface area contributed by atoms with Crippen LogP contribution < -0.4 is 5.32 Å². The Labute approximate surface area is 156 Å². The van der Waals surface area contributed by atoms with Crippen molar-refractivity contribution < 1.29 is 19.1 Å². The molecule has 9 nitrogen and oxygen atoms in total. The molecule has 1 heterocycles. The predicted molar refractivity (Wildman–Crippen MR) is 100 cm³/mol. The molecule has 26 heavy (non-hydrogen) atoms. The highest BCUT2D eigenvalue weighted by Gasteiger charge is 2.24. The zero-order chi connectivity index (χ0) is 19.7. The molecule has 1 aliphatic rings. The standard InChI is InChI=1S/C17H33N5O4/c1-7-25-16(24)22-12-10-21(11-13-22)14(18-5)19-8-9-20(6)15(23)26-17(2,3)4/h7-13H2,1-6H3,(H,18,19). The maximum Gasteiger partial charge on any atom is 0.410 e. The number of ether oxygens (including phenoxy) is 2. The summed E-state index contributed by atoms with van der Waals surface area (Å²) in [6.45, 7) is 11.3. The van der Waals surface area contributed by atoms with Crippen LogP contribution in [0.3, 0.4) is 0 Å². The van der Waals surface area contributed by atoms with Gasteiger partial charge in [-0.05, 0) is 27.7 Å². The van der Waals surface area contributed by atoms with E-state index in [0.717, 1.165) is 5.96 Å². The molecular weight excluding hydrogens is 338 g/mol. The lowest BCUT2D eigenvalue weighted by atomic mass is 10.2. The van der Waals surface area contributed by atoms with E-state index in [4.69, 9.17) is 9.47 Å². The molecule has 150 valence electrons. The molecule has 1 rings (SSSR count). The smallest absolute Gasteiger partial charge is 0.410 e. The zero-order valence-corrected chi connectivity index (χ0v) is 16.9. The number of nitrogens with zero attached hydrogens (tertiary/aromatic N) is 4. The summed E-state index contributed by atoms with van der Waals surface area (Å²) in [5.74, 6) is 0.756. The first-order valence-electron chi connectivity index (χ1n) is 8.99. The lowest BCUT2D eigenvalue weighted by Gasteiger charge is -2.36. The third-order valence-corrected chi connectivity index (χ3v) is 3.75. The molecule has 0 atom stereocenters. The summed E-state index contributed by atoms with van der Waals surface area (Å²) < 4.78 is 10.3. The molecule has 0 aromatic heterocycles. The van der Waals surface area contributed by atoms with Gasteiger partial charge < -0.3 is 29.5 Å². The van der Waals surface area contributed by atoms with Crippen molar-refractivity contribution in [2.45, 2.75) is 33.3 Å². The number of carbonyl (C=O) groups excluding carboxylic acids is 2. The van der Waals surface area contributed by atoms with Gasteiger partial charge in [0.1, 0.15) is 5.60 Å². The van der Waals surface area contributed by atoms with E-state index in [9.17, 15) is 9.59 Å². The summed E-state index contributed by atoms with van der Waals surface area (Å²) in [6, 6.07) is 0. The molecule has 9 heteroatoms. The van der Waals surface area contributed by atoms with Crippen LogP contribution in [0.15, 0.2) is 4.99 Å². The first-order chi connectivity index (χ1) is 12.2. The van der Waals surface area contributed by atoms with Crippen LogP contribution in [0.5, 0.6) is 0 Å². The molecule has 0 radical (unpaired) electrons. The molecule has 0 unspecified atom stereocenters. The Balaban J connectivity index is 2.38. The van der Waals surface area contributed by atoms with Crippen LogP contribution >= 0.6 is 0 Å². The molecule has 0 aromatic carbocycles. The second-order valence-corrected chi connectivity index (χ2v) is 7.05. The molecule has 0 aromatic rings. The monoisotopic (exact) mass is 371 g/mol. The highest BCUT2D eigenvalue weighted by atomic mass is 16.6. The van der Waals surface area contributed by atoms with Gasteiger partial charge in [0, 0.05) is 53.4 Å². The number of aliphatic imine (C=N–C) groups is 1. The number of rotatable bonds is 4. The minimum Gasteiger partial charge on any atom is -0.450 e. The van der Waals surface area contributed by atoms with Crippen molar-refractivity contribution in [2.75, 3.05) is 60.0 Å². The van der Waals surface area contributed by atoms with Crippen molar-refractivity contribution >= 4 is 18.1 Å². The third kappa shape index (κ3) is 7.37. The number of hydrogen-bond acceptors (Lipinski definition) is 5. The highest BCUT2D eigenvalue weighted by molar-refractivity contribution is 5.80. The SMILES string of the molecule is CCOC(=O)N1CCN(C(=NC)NCCN(C)C(=O)OC(C)(C)C)CC1. The van der Waals surface area contributed by atoms with Gasteiger partial charge in [0.25, 0.3) is 0 Å². The van der Waals surface area contributed by atoms with Crippen molar-refractivity contribution in [3.8, 4) is 0 Å². The van der Waals surface area contributed by atoms with Gasteiger partial charge in [0.2, 0.25) is 0 Å². The molecule has 0 bridgehead atoms. The summed E-state index contributed by atoms with van der Waals surface area (Å²) in [4.78, 5) is 33.3. The van der Waals surface area contributed by atoms with Crippen molar-refractivity contribution in [1.29, 1.82) is 0 Å². The van der Waals surface area contributed by atoms with E-state index < -0.39 is 5.60 Å². The fraction of sp³-hybridized carbons (Fsp3) is 0.824. The van der Waals surface area contributed by atoms with Crippen LogP contribution in [0, 0.1) is 0 Å². The van der Waals surface area contributed by atoms with Crippen molar-refractivity contribution in [3.05, 3.63) is 0 Å². The molecular formula is C17H33N5O4. The second kappa shape index (κ2) is 10.1. The molecule has 1 saturated heterocycles. The van der Waals surface area contributed by atoms with E-state index in [0.29, 0.717) is 45.9 Å². The molecule has 0 aliphatic carbocycles. The fourth-order valence-corrected chi connectivity index (χ4v) is 2.41. The molecule has 2 amide bonds. The Bertz CT molecular complexity index is 496. The molecule has 0 saturated carbocycles. The quantitative estimate of drug-likeness (QED) is 0.590. The average molecular weight is 371 g/mol. The maximum atomic E-state index is 11.9. The van der Waals surface area contributed by atoms with Crippen LogP contribution in [0.25, 0.3) is 0 Å². The van der Waals surface area contributed by atoms with Gasteiger partial charge in [-0.25, -0.2) is 9.59 Å². The van der Waals surface area contributed by atoms with Crippen LogP contribution in [0.2, 0.25) is 0 Å². The van der Waals surface area contributed by atoms with Crippen LogP contribution in [0.1, 0.15) is 27.7 Å². The first-order valence-corrected chi connectivity index (χ1v) is 8.99. The summed E-state index contributed by atoms with van der Waals surface area (Å²) in [7, 11) is 3.42. The number of likely N-dealkylation sites (N-methyl/N-ethyl adjacent to an activating group) is 1. The summed E-state index contributed by atoms with van der Waals surface area (Å²) in [5.41, 5.74) is -0.507. The number of hydrogen-bond donors (Lipinski definition) is 1. The Morgan fingerprint density at radius 3 is 2.23 bits per heavy atom. The minimum absolute atomic E-state index is 0.269. The molecule has 1 aliphatic heterocycles. The summed E-state index contributed by atoms with van der Waals surface area (Å²) in [6.07, 6.45) is -0.619. The van der Waals surface area contributed by atoms with Crippen molar-refractivity contribution in [3.63, 3.8) is 0 Å². The highest BCUT2D eigenvalue weighted by Crippen LogP contribution is 2.09. The lowest BCUT2D eigenvalue weighted by molar-refractivity contribution is 0.0302. The molecule has 0 spiro atoms. The first kappa shape index (κ1) is 21.9. The Morgan fingerprint density at radius 2 is 1.73 bits per heavy atom. The van der Waals surface area contributed by atoms with E-state index in [1.807, 2.05) is 20.8 Å². The largest absolute Gasteiger partial charge is 0.450 e. The number of amides is 2. The van der Waals surface area contributed by atoms with Gasteiger partial charge in [0.05, 0.1) is 6.61 Å². The maximum absolute atomic E-state index is 11.9. The van der Waals surface area contributed by atoms with Gasteiger partial charge in [-0.15, -0.1) is 0 Å². The van der Waals surface area contributed by atoms with E-state index in [1.165, 1.54) is 4.90 Å². The van der Waals surface area contributed by atoms with Gasteiger partial charge in [-0.1, -0.05) is 0 Å². The van der Waals surface area contributed by atoms with Gasteiger partial charge in [-0.3, -0.25) is 4.99 Å². The van der Waals surface area contributed by atoms with Gasteiger partial charge in [0.15, 0.2) is 5.96 Å². The zero-order valence-electron chi connectivity index (χ0n) is 16.9. The normalized spacial score (nSPS) is 15.5. The van der Waals surface area contributed by atoms with Crippen molar-refractivity contribution in [1.82, 2.24) is 20.0 Å². The Kier molecular flexibility index (Phi) is 8.47. The van der Waals surface area contributed by atoms with Crippen LogP contribution in [-0.2, 0) is 9.47 Å². The average Bonchev–Trinajstić information content (AvgIpc) is 2.57. The topological polar surface area (TPSA) is 86.7 Å². The number of carbonyl (C=O) groups is 2. The predicted octanol–water partition coefficient (Wildman–Crippen LogP) is 1.20. The Hall–Kier alpha value is -2.19. The molecule has 1 N–H and O–H groups in total. The Morgan fingerprint density at radius 1 is 1.15 bits per heavy atom. The van der Waals surface area contributed by atoms with Crippen molar-refractivity contribution in [2.24, 2.45) is 4.99 Å². The van der Waals surface area contributed by atoms with Crippen LogP contribution in [-0.4, -0.2) is 98.4 Å². The van der Waals surface area contributed by atoms with Crippen LogP contribution in [0.4, 0.5) is 9.59 Å². The fourth-order valence-electron chi connectivity index (χ4n) is 2.41. The third-order valence-electron chi connectivity index (χ3n) is 3.75. The minimum atomic E-state index is -0.507. The van der Waals surface area contributed by atoms with Gasteiger partial charge >= 0.3 is 12.2 Å². The number of guanidine groups is 1. The number of piperazine rings is 1. The van der Waals surface area contributed by atoms with E-state index >= 15 is 0 Å². The van der Waals surface area contributed by atoms with E-state index in [1.54, 1.807) is 25.9 Å². The number of nitrogens with one attached hydrogen (secondary N) is 1. The van der Waals surface area contributed by atoms with E-state index in [2.05, 4.69) is 15.2 Å². The van der Waals surface area contributed by atoms with Gasteiger partial charge in [-0.2, -0.15) is 0 Å². The summed E-state index contributed by atoms with van der Waals surface area (Å²) >= 11 is 0.